The molecule has 0 saturated carbocycles. The van der Waals surface area contributed by atoms with Crippen LogP contribution in [0, 0.1) is 41.5 Å². The lowest BCUT2D eigenvalue weighted by Gasteiger charge is -2.20. The number of methoxy groups -OCH3 is 1. The normalized spacial score (nSPS) is 10.3. The number of rotatable bonds is 3. The van der Waals surface area contributed by atoms with Gasteiger partial charge >= 0.3 is 0 Å². The van der Waals surface area contributed by atoms with Gasteiger partial charge in [-0.3, -0.25) is 0 Å². The van der Waals surface area contributed by atoms with E-state index in [4.69, 9.17) is 4.74 Å². The minimum absolute atomic E-state index is 0.956. The van der Waals surface area contributed by atoms with Crippen LogP contribution in [-0.2, 0) is 0 Å². The monoisotopic (exact) mass is 374 g/mol. The Labute approximate surface area is 171 Å². The third-order valence-corrected chi connectivity index (χ3v) is 5.11. The van der Waals surface area contributed by atoms with Crippen LogP contribution in [-0.4, -0.2) is 7.11 Å². The van der Waals surface area contributed by atoms with Crippen molar-refractivity contribution >= 4 is 0 Å². The summed E-state index contributed by atoms with van der Waals surface area (Å²) in [6.45, 7) is 17.0. The highest BCUT2D eigenvalue weighted by molar-refractivity contribution is 5.87. The molecule has 0 spiro atoms. The fourth-order valence-electron chi connectivity index (χ4n) is 4.36. The summed E-state index contributed by atoms with van der Waals surface area (Å²) in [5, 5.41) is 0. The summed E-state index contributed by atoms with van der Waals surface area (Å²) in [6.07, 6.45) is 0. The van der Waals surface area contributed by atoms with Gasteiger partial charge in [0, 0.05) is 11.1 Å². The highest BCUT2D eigenvalue weighted by atomic mass is 16.5. The van der Waals surface area contributed by atoms with Crippen molar-refractivity contribution < 1.29 is 4.74 Å². The van der Waals surface area contributed by atoms with E-state index in [0.29, 0.717) is 0 Å². The standard InChI is InChI=1S/C25H28O.C2H6/c1-15-11-17(3)23(18(4)12-15)21-9-8-10-22(25(21)26-7)24-19(5)13-16(2)14-20(24)6;1-2/h8-14H,1-7H3;1-2H3. The second kappa shape index (κ2) is 9.10. The van der Waals surface area contributed by atoms with Crippen molar-refractivity contribution in [2.75, 3.05) is 7.11 Å². The smallest absolute Gasteiger partial charge is 0.134 e. The van der Waals surface area contributed by atoms with Gasteiger partial charge in [0.25, 0.3) is 0 Å². The van der Waals surface area contributed by atoms with Gasteiger partial charge in [-0.1, -0.05) is 67.4 Å². The van der Waals surface area contributed by atoms with Crippen LogP contribution < -0.4 is 4.74 Å². The molecular weight excluding hydrogens is 340 g/mol. The molecule has 1 heteroatoms. The van der Waals surface area contributed by atoms with Gasteiger partial charge in [0.2, 0.25) is 0 Å². The van der Waals surface area contributed by atoms with E-state index in [1.54, 1.807) is 7.11 Å². The summed E-state index contributed by atoms with van der Waals surface area (Å²) in [5.41, 5.74) is 12.6. The van der Waals surface area contributed by atoms with E-state index in [9.17, 15) is 0 Å². The van der Waals surface area contributed by atoms with Gasteiger partial charge in [-0.05, 0) is 74.9 Å². The Bertz CT molecular complexity index is 858. The van der Waals surface area contributed by atoms with E-state index in [1.165, 1.54) is 55.6 Å². The molecule has 0 unspecified atom stereocenters. The minimum Gasteiger partial charge on any atom is -0.495 e. The first-order valence-corrected chi connectivity index (χ1v) is 10.2. The molecule has 0 radical (unpaired) electrons. The van der Waals surface area contributed by atoms with E-state index in [-0.39, 0.29) is 0 Å². The summed E-state index contributed by atoms with van der Waals surface area (Å²) in [4.78, 5) is 0. The topological polar surface area (TPSA) is 9.23 Å². The van der Waals surface area contributed by atoms with Gasteiger partial charge in [-0.25, -0.2) is 0 Å². The highest BCUT2D eigenvalue weighted by Crippen LogP contribution is 2.43. The second-order valence-corrected chi connectivity index (χ2v) is 7.43. The zero-order valence-corrected chi connectivity index (χ0v) is 18.9. The number of benzene rings is 3. The first kappa shape index (κ1) is 21.8. The van der Waals surface area contributed by atoms with Crippen LogP contribution in [0.25, 0.3) is 22.3 Å². The fraction of sp³-hybridized carbons (Fsp3) is 0.333. The maximum Gasteiger partial charge on any atom is 0.134 e. The maximum absolute atomic E-state index is 5.97. The Kier molecular flexibility index (Phi) is 7.07. The third kappa shape index (κ3) is 4.14. The third-order valence-electron chi connectivity index (χ3n) is 5.11. The molecule has 0 aromatic heterocycles. The summed E-state index contributed by atoms with van der Waals surface area (Å²) >= 11 is 0. The molecule has 0 amide bonds. The lowest BCUT2D eigenvalue weighted by Crippen LogP contribution is -1.98. The molecule has 0 aliphatic heterocycles. The summed E-state index contributed by atoms with van der Waals surface area (Å²) < 4.78 is 5.97. The van der Waals surface area contributed by atoms with Gasteiger partial charge in [0.1, 0.15) is 5.75 Å². The molecule has 0 atom stereocenters. The summed E-state index contributed by atoms with van der Waals surface area (Å²) in [7, 11) is 1.78. The van der Waals surface area contributed by atoms with Gasteiger partial charge in [0.05, 0.1) is 7.11 Å². The zero-order chi connectivity index (χ0) is 21.0. The molecule has 0 bridgehead atoms. The predicted molar refractivity (Wildman–Crippen MR) is 124 cm³/mol. The molecule has 0 aliphatic rings. The maximum atomic E-state index is 5.97. The Hall–Kier alpha value is -2.54. The molecule has 0 aliphatic carbocycles. The average Bonchev–Trinajstić information content (AvgIpc) is 2.62. The Morgan fingerprint density at radius 2 is 0.893 bits per heavy atom. The van der Waals surface area contributed by atoms with E-state index < -0.39 is 0 Å². The van der Waals surface area contributed by atoms with Crippen LogP contribution >= 0.6 is 0 Å². The van der Waals surface area contributed by atoms with Gasteiger partial charge in [-0.15, -0.1) is 0 Å². The second-order valence-electron chi connectivity index (χ2n) is 7.43. The Morgan fingerprint density at radius 1 is 0.571 bits per heavy atom. The van der Waals surface area contributed by atoms with Crippen LogP contribution in [0.3, 0.4) is 0 Å². The molecule has 0 heterocycles. The van der Waals surface area contributed by atoms with Crippen LogP contribution in [0.5, 0.6) is 5.75 Å². The Balaban J connectivity index is 0.00000136. The van der Waals surface area contributed by atoms with Gasteiger partial charge in [-0.2, -0.15) is 0 Å². The van der Waals surface area contributed by atoms with E-state index in [0.717, 1.165) is 5.75 Å². The molecule has 3 aromatic carbocycles. The van der Waals surface area contributed by atoms with Crippen molar-refractivity contribution in [3.63, 3.8) is 0 Å². The zero-order valence-electron chi connectivity index (χ0n) is 18.9. The average molecular weight is 375 g/mol. The molecular formula is C27H34O. The predicted octanol–water partition coefficient (Wildman–Crippen LogP) is 7.91. The molecule has 0 fully saturated rings. The number of aryl methyl sites for hydroxylation is 6. The summed E-state index contributed by atoms with van der Waals surface area (Å²) in [6, 6.07) is 15.5. The van der Waals surface area contributed by atoms with Crippen LogP contribution in [0.4, 0.5) is 0 Å². The number of ether oxygens (including phenoxy) is 1. The van der Waals surface area contributed by atoms with Crippen molar-refractivity contribution in [1.82, 2.24) is 0 Å². The lowest BCUT2D eigenvalue weighted by atomic mass is 9.88. The molecule has 148 valence electrons. The minimum atomic E-state index is 0.956. The largest absolute Gasteiger partial charge is 0.495 e. The molecule has 28 heavy (non-hydrogen) atoms. The van der Waals surface area contributed by atoms with E-state index >= 15 is 0 Å². The Morgan fingerprint density at radius 3 is 1.18 bits per heavy atom. The van der Waals surface area contributed by atoms with Crippen molar-refractivity contribution in [3.05, 3.63) is 75.8 Å². The number of para-hydroxylation sites is 1. The van der Waals surface area contributed by atoms with Crippen LogP contribution in [0.2, 0.25) is 0 Å². The first-order valence-electron chi connectivity index (χ1n) is 10.2. The number of hydrogen-bond donors (Lipinski definition) is 0. The molecule has 3 rings (SSSR count). The molecule has 3 aromatic rings. The van der Waals surface area contributed by atoms with Crippen LogP contribution in [0.1, 0.15) is 47.2 Å². The van der Waals surface area contributed by atoms with Gasteiger partial charge in [0.15, 0.2) is 0 Å². The van der Waals surface area contributed by atoms with Crippen molar-refractivity contribution in [2.24, 2.45) is 0 Å². The van der Waals surface area contributed by atoms with Crippen molar-refractivity contribution in [1.29, 1.82) is 0 Å². The van der Waals surface area contributed by atoms with Gasteiger partial charge < -0.3 is 4.74 Å². The molecule has 1 nitrogen and oxygen atoms in total. The number of hydrogen-bond acceptors (Lipinski definition) is 1. The van der Waals surface area contributed by atoms with Crippen molar-refractivity contribution in [3.8, 4) is 28.0 Å². The first-order chi connectivity index (χ1) is 13.3. The highest BCUT2D eigenvalue weighted by Gasteiger charge is 2.18. The lowest BCUT2D eigenvalue weighted by molar-refractivity contribution is 0.418. The fourth-order valence-corrected chi connectivity index (χ4v) is 4.36. The van der Waals surface area contributed by atoms with E-state index in [1.807, 2.05) is 13.8 Å². The summed E-state index contributed by atoms with van der Waals surface area (Å²) in [5.74, 6) is 0.956. The molecule has 0 saturated heterocycles. The van der Waals surface area contributed by atoms with Crippen LogP contribution in [0.15, 0.2) is 42.5 Å². The van der Waals surface area contributed by atoms with E-state index in [2.05, 4.69) is 84.0 Å². The molecule has 0 N–H and O–H groups in total. The van der Waals surface area contributed by atoms with Crippen molar-refractivity contribution in [2.45, 2.75) is 55.4 Å². The quantitative estimate of drug-likeness (QED) is 0.452. The SMILES string of the molecule is CC.COc1c(-c2c(C)cc(C)cc2C)cccc1-c1c(C)cc(C)cc1C.